The molecule has 1 fully saturated rings. The first-order chi connectivity index (χ1) is 13.2. The van der Waals surface area contributed by atoms with E-state index in [0.717, 1.165) is 11.1 Å². The fourth-order valence-electron chi connectivity index (χ4n) is 3.07. The Balaban J connectivity index is 1.42. The molecular weight excluding hydrogens is 344 g/mol. The summed E-state index contributed by atoms with van der Waals surface area (Å²) in [5, 5.41) is 0. The lowest BCUT2D eigenvalue weighted by Crippen LogP contribution is -2.40. The molecule has 0 saturated carbocycles. The minimum absolute atomic E-state index is 0.170. The van der Waals surface area contributed by atoms with Crippen molar-refractivity contribution >= 4 is 18.0 Å². The third-order valence-electron chi connectivity index (χ3n) is 4.44. The van der Waals surface area contributed by atoms with Crippen LogP contribution in [-0.4, -0.2) is 30.3 Å². The quantitative estimate of drug-likeness (QED) is 0.464. The van der Waals surface area contributed by atoms with Gasteiger partial charge in [0.05, 0.1) is 0 Å². The Hall–Kier alpha value is -3.18. The van der Waals surface area contributed by atoms with Crippen LogP contribution in [0.2, 0.25) is 0 Å². The van der Waals surface area contributed by atoms with Crippen molar-refractivity contribution in [1.29, 1.82) is 0 Å². The van der Waals surface area contributed by atoms with Gasteiger partial charge < -0.3 is 14.2 Å². The topological polar surface area (TPSA) is 65.1 Å². The molecule has 136 valence electrons. The van der Waals surface area contributed by atoms with Gasteiger partial charge in [0.15, 0.2) is 12.2 Å². The average molecular weight is 362 g/mol. The van der Waals surface area contributed by atoms with Gasteiger partial charge >= 0.3 is 11.9 Å². The molecule has 0 aliphatic carbocycles. The van der Waals surface area contributed by atoms with Gasteiger partial charge in [-0.2, -0.15) is 0 Å². The van der Waals surface area contributed by atoms with Crippen molar-refractivity contribution in [1.82, 2.24) is 0 Å². The van der Waals surface area contributed by atoms with E-state index < -0.39 is 24.1 Å². The maximum Gasteiger partial charge on any atom is 0.331 e. The molecule has 0 spiro atoms. The molecule has 4 rings (SSSR count). The van der Waals surface area contributed by atoms with Gasteiger partial charge in [-0.3, -0.25) is 0 Å². The molecule has 2 aliphatic rings. The fraction of sp³-hybridized carbons (Fsp3) is 0.182. The van der Waals surface area contributed by atoms with Crippen LogP contribution in [-0.2, 0) is 23.8 Å². The van der Waals surface area contributed by atoms with Crippen molar-refractivity contribution in [3.63, 3.8) is 0 Å². The predicted molar refractivity (Wildman–Crippen MR) is 98.4 cm³/mol. The molecule has 0 bridgehead atoms. The van der Waals surface area contributed by atoms with Crippen LogP contribution in [0.3, 0.4) is 0 Å². The van der Waals surface area contributed by atoms with E-state index in [1.54, 1.807) is 12.2 Å². The summed E-state index contributed by atoms with van der Waals surface area (Å²) in [4.78, 5) is 23.9. The number of cyclic esters (lactones) is 1. The summed E-state index contributed by atoms with van der Waals surface area (Å²) in [5.41, 5.74) is 1.90. The van der Waals surface area contributed by atoms with E-state index in [1.165, 1.54) is 12.2 Å². The van der Waals surface area contributed by atoms with Crippen LogP contribution in [0.5, 0.6) is 0 Å². The second kappa shape index (κ2) is 7.60. The van der Waals surface area contributed by atoms with Crippen molar-refractivity contribution < 1.29 is 23.8 Å². The lowest BCUT2D eigenvalue weighted by molar-refractivity contribution is -0.161. The largest absolute Gasteiger partial charge is 0.452 e. The Morgan fingerprint density at radius 1 is 0.963 bits per heavy atom. The van der Waals surface area contributed by atoms with E-state index in [1.807, 2.05) is 60.7 Å². The van der Waals surface area contributed by atoms with Crippen LogP contribution in [0.1, 0.15) is 17.2 Å². The third-order valence-corrected chi connectivity index (χ3v) is 4.44. The molecule has 5 heteroatoms. The molecule has 5 nitrogen and oxygen atoms in total. The van der Waals surface area contributed by atoms with Crippen molar-refractivity contribution in [3.8, 4) is 0 Å². The Labute approximate surface area is 156 Å². The number of carbonyl (C=O) groups is 2. The molecule has 0 unspecified atom stereocenters. The first kappa shape index (κ1) is 17.2. The first-order valence-electron chi connectivity index (χ1n) is 8.74. The highest BCUT2D eigenvalue weighted by Gasteiger charge is 2.52. The lowest BCUT2D eigenvalue weighted by Gasteiger charge is -2.25. The molecule has 0 amide bonds. The average Bonchev–Trinajstić information content (AvgIpc) is 3.50. The predicted octanol–water partition coefficient (Wildman–Crippen LogP) is 3.23. The molecule has 27 heavy (non-hydrogen) atoms. The Bertz CT molecular complexity index is 872. The van der Waals surface area contributed by atoms with E-state index >= 15 is 0 Å². The number of esters is 2. The zero-order chi connectivity index (χ0) is 18.6. The Kier molecular flexibility index (Phi) is 4.85. The van der Waals surface area contributed by atoms with Crippen molar-refractivity contribution in [2.45, 2.75) is 24.4 Å². The molecule has 2 heterocycles. The van der Waals surface area contributed by atoms with E-state index in [4.69, 9.17) is 14.2 Å². The normalized spacial score (nSPS) is 26.6. The highest BCUT2D eigenvalue weighted by molar-refractivity contribution is 5.88. The van der Waals surface area contributed by atoms with E-state index in [-0.39, 0.29) is 12.2 Å². The molecule has 4 atom stereocenters. The number of ether oxygens (including phenoxy) is 3. The number of hydrogen-bond acceptors (Lipinski definition) is 5. The zero-order valence-electron chi connectivity index (χ0n) is 14.4. The van der Waals surface area contributed by atoms with Gasteiger partial charge in [0, 0.05) is 12.2 Å². The molecule has 2 aliphatic heterocycles. The third kappa shape index (κ3) is 4.15. The number of epoxide rings is 1. The summed E-state index contributed by atoms with van der Waals surface area (Å²) in [6, 6.07) is 19.1. The highest BCUT2D eigenvalue weighted by Crippen LogP contribution is 2.43. The highest BCUT2D eigenvalue weighted by atomic mass is 16.6. The van der Waals surface area contributed by atoms with Crippen LogP contribution in [0.25, 0.3) is 6.08 Å². The summed E-state index contributed by atoms with van der Waals surface area (Å²) in [6.45, 7) is 0. The summed E-state index contributed by atoms with van der Waals surface area (Å²) >= 11 is 0. The summed E-state index contributed by atoms with van der Waals surface area (Å²) < 4.78 is 16.6. The van der Waals surface area contributed by atoms with Crippen molar-refractivity contribution in [2.24, 2.45) is 0 Å². The minimum atomic E-state index is -0.686. The van der Waals surface area contributed by atoms with E-state index in [2.05, 4.69) is 0 Å². The SMILES string of the molecule is O=C1C=C[C@@H](OC(=O)C=Cc2ccccc2)[C@@H]([C@H]2O[C@@H]2c2ccccc2)O1. The molecule has 1 saturated heterocycles. The van der Waals surface area contributed by atoms with Gasteiger partial charge in [-0.25, -0.2) is 9.59 Å². The van der Waals surface area contributed by atoms with Gasteiger partial charge in [-0.1, -0.05) is 60.7 Å². The Morgan fingerprint density at radius 2 is 1.67 bits per heavy atom. The first-order valence-corrected chi connectivity index (χ1v) is 8.74. The van der Waals surface area contributed by atoms with Crippen molar-refractivity contribution in [3.05, 3.63) is 90.0 Å². The monoisotopic (exact) mass is 362 g/mol. The number of rotatable bonds is 5. The second-order valence-corrected chi connectivity index (χ2v) is 6.34. The van der Waals surface area contributed by atoms with E-state index in [0.29, 0.717) is 0 Å². The van der Waals surface area contributed by atoms with Crippen LogP contribution < -0.4 is 0 Å². The van der Waals surface area contributed by atoms with Crippen LogP contribution in [0.4, 0.5) is 0 Å². The summed E-state index contributed by atoms with van der Waals surface area (Å²) in [6.07, 6.45) is 4.00. The number of carbonyl (C=O) groups excluding carboxylic acids is 2. The summed E-state index contributed by atoms with van der Waals surface area (Å²) in [5.74, 6) is -0.970. The fourth-order valence-corrected chi connectivity index (χ4v) is 3.07. The standard InChI is InChI=1S/C22H18O5/c23-18(13-11-15-7-3-1-4-8-15)25-17-12-14-19(24)26-21(17)22-20(27-22)16-9-5-2-6-10-16/h1-14,17,20-22H/t17-,20-,21+,22+/m1/s1. The maximum absolute atomic E-state index is 12.2. The zero-order valence-corrected chi connectivity index (χ0v) is 14.4. The van der Waals surface area contributed by atoms with Crippen LogP contribution >= 0.6 is 0 Å². The minimum Gasteiger partial charge on any atom is -0.452 e. The van der Waals surface area contributed by atoms with Gasteiger partial charge in [0.2, 0.25) is 0 Å². The number of benzene rings is 2. The second-order valence-electron chi connectivity index (χ2n) is 6.34. The van der Waals surface area contributed by atoms with Gasteiger partial charge in [-0.15, -0.1) is 0 Å². The van der Waals surface area contributed by atoms with Crippen LogP contribution in [0.15, 0.2) is 78.9 Å². The molecule has 2 aromatic carbocycles. The molecular formula is C22H18O5. The van der Waals surface area contributed by atoms with Crippen molar-refractivity contribution in [2.75, 3.05) is 0 Å². The molecule has 0 aromatic heterocycles. The Morgan fingerprint density at radius 3 is 2.41 bits per heavy atom. The van der Waals surface area contributed by atoms with Gasteiger partial charge in [0.1, 0.15) is 12.2 Å². The summed E-state index contributed by atoms with van der Waals surface area (Å²) in [7, 11) is 0. The maximum atomic E-state index is 12.2. The van der Waals surface area contributed by atoms with Gasteiger partial charge in [0.25, 0.3) is 0 Å². The number of hydrogen-bond donors (Lipinski definition) is 0. The van der Waals surface area contributed by atoms with Gasteiger partial charge in [-0.05, 0) is 23.3 Å². The molecule has 2 aromatic rings. The smallest absolute Gasteiger partial charge is 0.331 e. The molecule has 0 radical (unpaired) electrons. The molecule has 0 N–H and O–H groups in total. The van der Waals surface area contributed by atoms with E-state index in [9.17, 15) is 9.59 Å². The lowest BCUT2D eigenvalue weighted by atomic mass is 10.0. The van der Waals surface area contributed by atoms with Crippen LogP contribution in [0, 0.1) is 0 Å².